The van der Waals surface area contributed by atoms with Crippen molar-refractivity contribution in [3.63, 3.8) is 0 Å². The van der Waals surface area contributed by atoms with Crippen molar-refractivity contribution in [2.24, 2.45) is 0 Å². The van der Waals surface area contributed by atoms with Gasteiger partial charge in [0.15, 0.2) is 5.82 Å². The largest absolute Gasteiger partial charge is 0.353 e. The van der Waals surface area contributed by atoms with Crippen molar-refractivity contribution in [1.29, 1.82) is 0 Å². The predicted octanol–water partition coefficient (Wildman–Crippen LogP) is 2.84. The summed E-state index contributed by atoms with van der Waals surface area (Å²) >= 11 is 1.95. The fraction of sp³-hybridized carbons (Fsp3) is 0.529. The van der Waals surface area contributed by atoms with Gasteiger partial charge >= 0.3 is 0 Å². The summed E-state index contributed by atoms with van der Waals surface area (Å²) in [6.07, 6.45) is 12.9. The molecule has 1 aliphatic heterocycles. The van der Waals surface area contributed by atoms with Gasteiger partial charge in [0.25, 0.3) is 0 Å². The van der Waals surface area contributed by atoms with E-state index in [4.69, 9.17) is 4.98 Å². The molecule has 124 valence electrons. The molecule has 1 fully saturated rings. The number of aromatic nitrogens is 5. The zero-order valence-corrected chi connectivity index (χ0v) is 14.4. The molecule has 0 aromatic carbocycles. The summed E-state index contributed by atoms with van der Waals surface area (Å²) in [5.41, 5.74) is 2.22. The fourth-order valence-corrected chi connectivity index (χ4v) is 5.17. The van der Waals surface area contributed by atoms with Gasteiger partial charge in [0.2, 0.25) is 5.65 Å². The minimum Gasteiger partial charge on any atom is -0.353 e. The van der Waals surface area contributed by atoms with Crippen LogP contribution in [0.1, 0.15) is 47.2 Å². The number of anilines is 1. The Balaban J connectivity index is 1.44. The highest BCUT2D eigenvalue weighted by molar-refractivity contribution is 7.11. The molecule has 0 spiro atoms. The lowest BCUT2D eigenvalue weighted by Crippen LogP contribution is -2.35. The molecule has 1 aliphatic carbocycles. The van der Waals surface area contributed by atoms with Gasteiger partial charge in [-0.3, -0.25) is 4.40 Å². The van der Waals surface area contributed by atoms with Gasteiger partial charge in [0.05, 0.1) is 10.7 Å². The van der Waals surface area contributed by atoms with Crippen LogP contribution in [0.5, 0.6) is 0 Å². The highest BCUT2D eigenvalue weighted by atomic mass is 32.1. The van der Waals surface area contributed by atoms with Gasteiger partial charge in [-0.25, -0.2) is 9.97 Å². The number of piperidine rings is 1. The summed E-state index contributed by atoms with van der Waals surface area (Å²) in [6.45, 7) is 2.01. The van der Waals surface area contributed by atoms with Gasteiger partial charge in [0.1, 0.15) is 6.33 Å². The molecule has 2 aliphatic rings. The van der Waals surface area contributed by atoms with E-state index in [0.717, 1.165) is 24.6 Å². The second-order valence-electron chi connectivity index (χ2n) is 6.73. The Morgan fingerprint density at radius 3 is 3.08 bits per heavy atom. The van der Waals surface area contributed by atoms with E-state index in [9.17, 15) is 0 Å². The van der Waals surface area contributed by atoms with E-state index in [1.807, 2.05) is 28.1 Å². The molecular formula is C17H20N6S. The monoisotopic (exact) mass is 340 g/mol. The molecule has 0 saturated carbocycles. The molecule has 7 heteroatoms. The van der Waals surface area contributed by atoms with Gasteiger partial charge in [-0.1, -0.05) is 0 Å². The summed E-state index contributed by atoms with van der Waals surface area (Å²) in [6, 6.07) is 0. The number of thiazole rings is 1. The fourth-order valence-electron chi connectivity index (χ4n) is 3.89. The summed E-state index contributed by atoms with van der Waals surface area (Å²) < 4.78 is 1.94. The van der Waals surface area contributed by atoms with Crippen LogP contribution in [0.3, 0.4) is 0 Å². The molecule has 5 rings (SSSR count). The number of hydrogen-bond acceptors (Lipinski definition) is 6. The maximum absolute atomic E-state index is 4.99. The number of fused-ring (bicyclic) bond motifs is 2. The SMILES string of the molecule is c1cn2cnnc2c(N2CCCC(c3nc4c(s3)CCCC4)C2)n1. The topological polar surface area (TPSA) is 59.2 Å². The lowest BCUT2D eigenvalue weighted by atomic mass is 9.98. The van der Waals surface area contributed by atoms with Gasteiger partial charge in [-0.05, 0) is 38.5 Å². The van der Waals surface area contributed by atoms with Crippen molar-refractivity contribution in [1.82, 2.24) is 24.6 Å². The lowest BCUT2D eigenvalue weighted by Gasteiger charge is -2.32. The van der Waals surface area contributed by atoms with E-state index in [1.165, 1.54) is 54.1 Å². The van der Waals surface area contributed by atoms with Crippen LogP contribution in [0.4, 0.5) is 5.82 Å². The standard InChI is InChI=1S/C17H20N6S/c1-2-6-14-13(5-1)20-17(24-14)12-4-3-8-22(10-12)15-16-21-19-11-23(16)9-7-18-15/h7,9,11-12H,1-6,8,10H2. The maximum Gasteiger partial charge on any atom is 0.203 e. The van der Waals surface area contributed by atoms with Crippen molar-refractivity contribution in [2.75, 3.05) is 18.0 Å². The molecular weight excluding hydrogens is 320 g/mol. The molecule has 1 atom stereocenters. The Morgan fingerprint density at radius 2 is 2.12 bits per heavy atom. The number of rotatable bonds is 2. The summed E-state index contributed by atoms with van der Waals surface area (Å²) in [5.74, 6) is 1.46. The predicted molar refractivity (Wildman–Crippen MR) is 93.7 cm³/mol. The second-order valence-corrected chi connectivity index (χ2v) is 7.84. The minimum atomic E-state index is 0.513. The van der Waals surface area contributed by atoms with Crippen LogP contribution in [-0.4, -0.2) is 37.7 Å². The molecule has 4 heterocycles. The highest BCUT2D eigenvalue weighted by Gasteiger charge is 2.27. The highest BCUT2D eigenvalue weighted by Crippen LogP contribution is 2.35. The molecule has 0 amide bonds. The van der Waals surface area contributed by atoms with Gasteiger partial charge < -0.3 is 4.90 Å². The Bertz CT molecular complexity index is 845. The molecule has 1 unspecified atom stereocenters. The van der Waals surface area contributed by atoms with E-state index in [0.29, 0.717) is 5.92 Å². The van der Waals surface area contributed by atoms with Crippen LogP contribution in [0.2, 0.25) is 0 Å². The van der Waals surface area contributed by atoms with Crippen molar-refractivity contribution in [2.45, 2.75) is 44.4 Å². The minimum absolute atomic E-state index is 0.513. The quantitative estimate of drug-likeness (QED) is 0.718. The molecule has 3 aromatic heterocycles. The zero-order valence-electron chi connectivity index (χ0n) is 13.6. The zero-order chi connectivity index (χ0) is 15.9. The van der Waals surface area contributed by atoms with Crippen LogP contribution in [-0.2, 0) is 12.8 Å². The maximum atomic E-state index is 4.99. The molecule has 1 saturated heterocycles. The smallest absolute Gasteiger partial charge is 0.203 e. The Labute approximate surface area is 144 Å². The third kappa shape index (κ3) is 2.38. The van der Waals surface area contributed by atoms with Crippen LogP contribution < -0.4 is 4.90 Å². The lowest BCUT2D eigenvalue weighted by molar-refractivity contribution is 0.504. The average molecular weight is 340 g/mol. The number of nitrogens with zero attached hydrogens (tertiary/aromatic N) is 6. The van der Waals surface area contributed by atoms with E-state index >= 15 is 0 Å². The molecule has 3 aromatic rings. The number of hydrogen-bond donors (Lipinski definition) is 0. The van der Waals surface area contributed by atoms with Crippen molar-refractivity contribution >= 4 is 22.8 Å². The first-order valence-corrected chi connectivity index (χ1v) is 9.58. The van der Waals surface area contributed by atoms with Gasteiger partial charge in [-0.2, -0.15) is 0 Å². The first-order valence-electron chi connectivity index (χ1n) is 8.76. The van der Waals surface area contributed by atoms with E-state index in [-0.39, 0.29) is 0 Å². The van der Waals surface area contributed by atoms with Crippen molar-refractivity contribution < 1.29 is 0 Å². The second kappa shape index (κ2) is 5.81. The average Bonchev–Trinajstić information content (AvgIpc) is 3.28. The molecule has 0 radical (unpaired) electrons. The molecule has 0 N–H and O–H groups in total. The van der Waals surface area contributed by atoms with E-state index in [1.54, 1.807) is 6.33 Å². The molecule has 0 bridgehead atoms. The van der Waals surface area contributed by atoms with Crippen molar-refractivity contribution in [3.05, 3.63) is 34.3 Å². The summed E-state index contributed by atoms with van der Waals surface area (Å²) in [5, 5.41) is 9.59. The van der Waals surface area contributed by atoms with E-state index in [2.05, 4.69) is 20.1 Å². The Hall–Kier alpha value is -2.02. The van der Waals surface area contributed by atoms with Crippen LogP contribution in [0, 0.1) is 0 Å². The van der Waals surface area contributed by atoms with E-state index < -0.39 is 0 Å². The normalized spacial score (nSPS) is 21.2. The first-order chi connectivity index (χ1) is 11.9. The summed E-state index contributed by atoms with van der Waals surface area (Å²) in [7, 11) is 0. The van der Waals surface area contributed by atoms with Crippen molar-refractivity contribution in [3.8, 4) is 0 Å². The molecule has 6 nitrogen and oxygen atoms in total. The Kier molecular flexibility index (Phi) is 3.47. The Morgan fingerprint density at radius 1 is 1.17 bits per heavy atom. The van der Waals surface area contributed by atoms with Crippen LogP contribution in [0.25, 0.3) is 5.65 Å². The third-order valence-corrected chi connectivity index (χ3v) is 6.45. The summed E-state index contributed by atoms with van der Waals surface area (Å²) in [4.78, 5) is 13.5. The van der Waals surface area contributed by atoms with Crippen LogP contribution >= 0.6 is 11.3 Å². The van der Waals surface area contributed by atoms with Gasteiger partial charge in [0, 0.05) is 36.3 Å². The third-order valence-electron chi connectivity index (χ3n) is 5.13. The first kappa shape index (κ1) is 14.3. The molecule has 24 heavy (non-hydrogen) atoms. The van der Waals surface area contributed by atoms with Gasteiger partial charge in [-0.15, -0.1) is 21.5 Å². The van der Waals surface area contributed by atoms with Crippen LogP contribution in [0.15, 0.2) is 18.7 Å². The number of aryl methyl sites for hydroxylation is 2.